The summed E-state index contributed by atoms with van der Waals surface area (Å²) in [6.07, 6.45) is 2.78. The number of hydrogen-bond acceptors (Lipinski definition) is 5. The lowest BCUT2D eigenvalue weighted by atomic mass is 9.90. The van der Waals surface area contributed by atoms with Crippen LogP contribution in [0.15, 0.2) is 12.4 Å². The fourth-order valence-electron chi connectivity index (χ4n) is 2.95. The van der Waals surface area contributed by atoms with Crippen molar-refractivity contribution in [3.63, 3.8) is 0 Å². The van der Waals surface area contributed by atoms with Crippen molar-refractivity contribution in [1.29, 1.82) is 0 Å². The molecular formula is C16H26N4O. The van der Waals surface area contributed by atoms with Gasteiger partial charge in [-0.3, -0.25) is 0 Å². The average molecular weight is 290 g/mol. The lowest BCUT2D eigenvalue weighted by Gasteiger charge is -2.47. The van der Waals surface area contributed by atoms with Gasteiger partial charge < -0.3 is 4.74 Å². The number of hydrazine groups is 1. The summed E-state index contributed by atoms with van der Waals surface area (Å²) >= 11 is 0. The quantitative estimate of drug-likeness (QED) is 0.844. The molecule has 0 spiro atoms. The van der Waals surface area contributed by atoms with Crippen LogP contribution in [0.25, 0.3) is 0 Å². The smallest absolute Gasteiger partial charge is 0.115 e. The molecule has 2 aliphatic heterocycles. The number of morpholine rings is 1. The Balaban J connectivity index is 1.52. The van der Waals surface area contributed by atoms with E-state index in [9.17, 15) is 0 Å². The molecule has 0 aliphatic carbocycles. The molecule has 116 valence electrons. The van der Waals surface area contributed by atoms with E-state index in [0.717, 1.165) is 57.4 Å². The molecule has 2 saturated heterocycles. The molecule has 1 aromatic heterocycles. The van der Waals surface area contributed by atoms with E-state index in [4.69, 9.17) is 4.74 Å². The molecule has 3 heterocycles. The molecule has 2 aliphatic rings. The Morgan fingerprint density at radius 1 is 1.14 bits per heavy atom. The SMILES string of the molecule is CC(C)(C)c1cc(CC2CN(N3CCOCC3)C2)ncn1. The molecule has 5 heteroatoms. The first-order valence-electron chi connectivity index (χ1n) is 7.91. The Morgan fingerprint density at radius 3 is 2.52 bits per heavy atom. The van der Waals surface area contributed by atoms with Gasteiger partial charge in [0.25, 0.3) is 0 Å². The van der Waals surface area contributed by atoms with Gasteiger partial charge in [-0.1, -0.05) is 20.8 Å². The summed E-state index contributed by atoms with van der Waals surface area (Å²) in [5.41, 5.74) is 2.41. The van der Waals surface area contributed by atoms with Gasteiger partial charge in [-0.25, -0.2) is 20.0 Å². The van der Waals surface area contributed by atoms with Crippen LogP contribution in [-0.4, -0.2) is 59.4 Å². The van der Waals surface area contributed by atoms with Crippen LogP contribution in [0.1, 0.15) is 32.2 Å². The highest BCUT2D eigenvalue weighted by atomic mass is 16.5. The van der Waals surface area contributed by atoms with Crippen molar-refractivity contribution in [2.24, 2.45) is 5.92 Å². The maximum absolute atomic E-state index is 5.40. The lowest BCUT2D eigenvalue weighted by molar-refractivity contribution is -0.143. The number of nitrogens with zero attached hydrogens (tertiary/aromatic N) is 4. The van der Waals surface area contributed by atoms with Crippen molar-refractivity contribution in [3.05, 3.63) is 23.8 Å². The van der Waals surface area contributed by atoms with Crippen LogP contribution < -0.4 is 0 Å². The maximum Gasteiger partial charge on any atom is 0.115 e. The van der Waals surface area contributed by atoms with Gasteiger partial charge in [0.05, 0.1) is 13.2 Å². The summed E-state index contributed by atoms with van der Waals surface area (Å²) in [6, 6.07) is 2.18. The normalized spacial score (nSPS) is 22.2. The second-order valence-electron chi connectivity index (χ2n) is 7.15. The predicted molar refractivity (Wildman–Crippen MR) is 81.9 cm³/mol. The van der Waals surface area contributed by atoms with Crippen LogP contribution in [0.2, 0.25) is 0 Å². The number of ether oxygens (including phenoxy) is 1. The van der Waals surface area contributed by atoms with E-state index in [2.05, 4.69) is 46.8 Å². The number of hydrogen-bond donors (Lipinski definition) is 0. The van der Waals surface area contributed by atoms with E-state index in [-0.39, 0.29) is 5.41 Å². The summed E-state index contributed by atoms with van der Waals surface area (Å²) in [6.45, 7) is 12.7. The first-order chi connectivity index (χ1) is 10.0. The van der Waals surface area contributed by atoms with Crippen molar-refractivity contribution in [1.82, 2.24) is 20.0 Å². The minimum atomic E-state index is 0.0944. The summed E-state index contributed by atoms with van der Waals surface area (Å²) in [5.74, 6) is 0.718. The largest absolute Gasteiger partial charge is 0.379 e. The van der Waals surface area contributed by atoms with Crippen molar-refractivity contribution in [2.75, 3.05) is 39.4 Å². The molecule has 0 amide bonds. The van der Waals surface area contributed by atoms with Gasteiger partial charge in [0, 0.05) is 43.0 Å². The molecule has 0 N–H and O–H groups in total. The van der Waals surface area contributed by atoms with Crippen LogP contribution >= 0.6 is 0 Å². The van der Waals surface area contributed by atoms with Crippen LogP contribution in [0, 0.1) is 5.92 Å². The van der Waals surface area contributed by atoms with Gasteiger partial charge in [0.1, 0.15) is 6.33 Å². The molecule has 3 rings (SSSR count). The maximum atomic E-state index is 5.40. The van der Waals surface area contributed by atoms with E-state index in [1.165, 1.54) is 5.69 Å². The fourth-order valence-corrected chi connectivity index (χ4v) is 2.95. The first-order valence-corrected chi connectivity index (χ1v) is 7.91. The highest BCUT2D eigenvalue weighted by Gasteiger charge is 2.32. The Labute approximate surface area is 127 Å². The van der Waals surface area contributed by atoms with Crippen molar-refractivity contribution < 1.29 is 4.74 Å². The van der Waals surface area contributed by atoms with Gasteiger partial charge in [-0.15, -0.1) is 0 Å². The van der Waals surface area contributed by atoms with Crippen molar-refractivity contribution in [3.8, 4) is 0 Å². The minimum absolute atomic E-state index is 0.0944. The van der Waals surface area contributed by atoms with E-state index >= 15 is 0 Å². The lowest BCUT2D eigenvalue weighted by Crippen LogP contribution is -2.59. The third kappa shape index (κ3) is 3.59. The number of rotatable bonds is 3. The summed E-state index contributed by atoms with van der Waals surface area (Å²) in [7, 11) is 0. The number of aromatic nitrogens is 2. The zero-order chi connectivity index (χ0) is 14.9. The Morgan fingerprint density at radius 2 is 1.86 bits per heavy atom. The van der Waals surface area contributed by atoms with Crippen molar-refractivity contribution in [2.45, 2.75) is 32.6 Å². The van der Waals surface area contributed by atoms with E-state index < -0.39 is 0 Å². The van der Waals surface area contributed by atoms with Crippen LogP contribution in [0.4, 0.5) is 0 Å². The highest BCUT2D eigenvalue weighted by Crippen LogP contribution is 2.24. The predicted octanol–water partition coefficient (Wildman–Crippen LogP) is 1.50. The molecule has 0 saturated carbocycles. The molecule has 0 atom stereocenters. The molecule has 0 aromatic carbocycles. The molecule has 21 heavy (non-hydrogen) atoms. The van der Waals surface area contributed by atoms with Crippen LogP contribution in [-0.2, 0) is 16.6 Å². The van der Waals surface area contributed by atoms with E-state index in [1.54, 1.807) is 6.33 Å². The molecule has 1 aromatic rings. The molecule has 5 nitrogen and oxygen atoms in total. The Kier molecular flexibility index (Phi) is 4.24. The Bertz CT molecular complexity index is 473. The first kappa shape index (κ1) is 14.9. The molecular weight excluding hydrogens is 264 g/mol. The van der Waals surface area contributed by atoms with Crippen LogP contribution in [0.3, 0.4) is 0 Å². The summed E-state index contributed by atoms with van der Waals surface area (Å²) in [5, 5.41) is 4.89. The fraction of sp³-hybridized carbons (Fsp3) is 0.750. The summed E-state index contributed by atoms with van der Waals surface area (Å²) < 4.78 is 5.40. The van der Waals surface area contributed by atoms with Gasteiger partial charge in [0.15, 0.2) is 0 Å². The van der Waals surface area contributed by atoms with Crippen molar-refractivity contribution >= 4 is 0 Å². The molecule has 2 fully saturated rings. The zero-order valence-electron chi connectivity index (χ0n) is 13.4. The van der Waals surface area contributed by atoms with Gasteiger partial charge in [-0.05, 0) is 18.4 Å². The monoisotopic (exact) mass is 290 g/mol. The second kappa shape index (κ2) is 5.99. The molecule has 0 radical (unpaired) electrons. The van der Waals surface area contributed by atoms with E-state index in [0.29, 0.717) is 0 Å². The highest BCUT2D eigenvalue weighted by molar-refractivity contribution is 5.16. The van der Waals surface area contributed by atoms with E-state index in [1.807, 2.05) is 0 Å². The Hall–Kier alpha value is -1.04. The van der Waals surface area contributed by atoms with Gasteiger partial charge >= 0.3 is 0 Å². The average Bonchev–Trinajstić information content (AvgIpc) is 2.43. The standard InChI is InChI=1S/C16H26N4O/c1-16(2,3)15-9-14(17-12-18-15)8-13-10-20(11-13)19-4-6-21-7-5-19/h9,12-13H,4-8,10-11H2,1-3H3. The second-order valence-corrected chi connectivity index (χ2v) is 7.15. The van der Waals surface area contributed by atoms with Crippen LogP contribution in [0.5, 0.6) is 0 Å². The molecule has 0 bridgehead atoms. The zero-order valence-corrected chi connectivity index (χ0v) is 13.4. The summed E-state index contributed by atoms with van der Waals surface area (Å²) in [4.78, 5) is 8.86. The van der Waals surface area contributed by atoms with Gasteiger partial charge in [0.2, 0.25) is 0 Å². The topological polar surface area (TPSA) is 41.5 Å². The third-order valence-electron chi connectivity index (χ3n) is 4.32. The molecule has 0 unspecified atom stereocenters. The minimum Gasteiger partial charge on any atom is -0.379 e. The van der Waals surface area contributed by atoms with Gasteiger partial charge in [-0.2, -0.15) is 0 Å². The third-order valence-corrected chi connectivity index (χ3v) is 4.32.